The molecule has 6 heteroatoms. The normalized spacial score (nSPS) is 16.5. The molecule has 1 aromatic rings. The number of halogens is 2. The summed E-state index contributed by atoms with van der Waals surface area (Å²) < 4.78 is 0. The summed E-state index contributed by atoms with van der Waals surface area (Å²) in [4.78, 5) is 14.4. The summed E-state index contributed by atoms with van der Waals surface area (Å²) in [5.41, 5.74) is 2.77. The first-order valence-electron chi connectivity index (χ1n) is 7.37. The van der Waals surface area contributed by atoms with Crippen LogP contribution in [-0.4, -0.2) is 43.0 Å². The van der Waals surface area contributed by atoms with Gasteiger partial charge in [-0.25, -0.2) is 0 Å². The Morgan fingerprint density at radius 2 is 1.86 bits per heavy atom. The molecule has 1 aliphatic rings. The average Bonchev–Trinajstić information content (AvgIpc) is 2.50. The molecule has 1 aliphatic heterocycles. The molecular formula is C16H27Cl2N3O. The van der Waals surface area contributed by atoms with Crippen molar-refractivity contribution in [2.75, 3.05) is 20.1 Å². The van der Waals surface area contributed by atoms with Crippen molar-refractivity contribution in [1.82, 2.24) is 15.5 Å². The van der Waals surface area contributed by atoms with E-state index >= 15 is 0 Å². The molecule has 0 bridgehead atoms. The second-order valence-corrected chi connectivity index (χ2v) is 5.60. The van der Waals surface area contributed by atoms with Gasteiger partial charge >= 0.3 is 0 Å². The van der Waals surface area contributed by atoms with Crippen LogP contribution in [0.25, 0.3) is 0 Å². The summed E-state index contributed by atoms with van der Waals surface area (Å²) >= 11 is 0. The average molecular weight is 348 g/mol. The molecule has 1 heterocycles. The fraction of sp³-hybridized carbons (Fsp3) is 0.562. The van der Waals surface area contributed by atoms with Gasteiger partial charge in [0.2, 0.25) is 5.91 Å². The van der Waals surface area contributed by atoms with Crippen LogP contribution in [0, 0.1) is 0 Å². The lowest BCUT2D eigenvalue weighted by atomic mass is 9.99. The lowest BCUT2D eigenvalue weighted by Gasteiger charge is -2.33. The van der Waals surface area contributed by atoms with E-state index < -0.39 is 0 Å². The van der Waals surface area contributed by atoms with Gasteiger partial charge < -0.3 is 10.6 Å². The third-order valence-corrected chi connectivity index (χ3v) is 4.16. The van der Waals surface area contributed by atoms with Gasteiger partial charge in [-0.3, -0.25) is 9.69 Å². The Kier molecular flexibility index (Phi) is 9.69. The summed E-state index contributed by atoms with van der Waals surface area (Å²) in [5.74, 6) is 0.117. The molecule has 126 valence electrons. The number of hydrogen-bond donors (Lipinski definition) is 2. The monoisotopic (exact) mass is 347 g/mol. The highest BCUT2D eigenvalue weighted by Gasteiger charge is 2.24. The highest BCUT2D eigenvalue weighted by molar-refractivity contribution is 5.85. The maximum absolute atomic E-state index is 12.2. The van der Waals surface area contributed by atoms with Crippen LogP contribution in [0.5, 0.6) is 0 Å². The third-order valence-electron chi connectivity index (χ3n) is 4.16. The predicted octanol–water partition coefficient (Wildman–Crippen LogP) is 2.00. The van der Waals surface area contributed by atoms with Gasteiger partial charge in [-0.1, -0.05) is 24.3 Å². The van der Waals surface area contributed by atoms with Gasteiger partial charge in [0.1, 0.15) is 0 Å². The molecule has 0 fully saturated rings. The van der Waals surface area contributed by atoms with Crippen molar-refractivity contribution in [3.63, 3.8) is 0 Å². The van der Waals surface area contributed by atoms with E-state index in [4.69, 9.17) is 0 Å². The molecule has 2 N–H and O–H groups in total. The lowest BCUT2D eigenvalue weighted by Crippen LogP contribution is -2.49. The van der Waals surface area contributed by atoms with Gasteiger partial charge in [0.05, 0.1) is 6.04 Å². The van der Waals surface area contributed by atoms with Crippen molar-refractivity contribution in [1.29, 1.82) is 0 Å². The topological polar surface area (TPSA) is 44.4 Å². The zero-order chi connectivity index (χ0) is 14.5. The first kappa shape index (κ1) is 21.2. The van der Waals surface area contributed by atoms with Crippen LogP contribution in [0.1, 0.15) is 25.0 Å². The van der Waals surface area contributed by atoms with Gasteiger partial charge in [-0.2, -0.15) is 0 Å². The Balaban J connectivity index is 0.00000220. The zero-order valence-corrected chi connectivity index (χ0v) is 15.1. The molecule has 1 aromatic carbocycles. The minimum atomic E-state index is -0.0765. The van der Waals surface area contributed by atoms with Crippen LogP contribution < -0.4 is 10.6 Å². The first-order chi connectivity index (χ1) is 9.61. The Morgan fingerprint density at radius 3 is 2.50 bits per heavy atom. The molecule has 2 rings (SSSR count). The highest BCUT2D eigenvalue weighted by atomic mass is 35.5. The molecule has 0 aromatic heterocycles. The number of nitrogens with one attached hydrogen (secondary N) is 2. The minimum absolute atomic E-state index is 0. The van der Waals surface area contributed by atoms with Crippen LogP contribution in [0.3, 0.4) is 0 Å². The smallest absolute Gasteiger partial charge is 0.237 e. The molecule has 1 amide bonds. The highest BCUT2D eigenvalue weighted by Crippen LogP contribution is 2.20. The van der Waals surface area contributed by atoms with E-state index in [1.807, 2.05) is 14.0 Å². The summed E-state index contributed by atoms with van der Waals surface area (Å²) in [7, 11) is 1.90. The molecular weight excluding hydrogens is 321 g/mol. The van der Waals surface area contributed by atoms with Crippen molar-refractivity contribution in [3.8, 4) is 0 Å². The van der Waals surface area contributed by atoms with Crippen LogP contribution >= 0.6 is 24.8 Å². The predicted molar refractivity (Wildman–Crippen MR) is 96.0 cm³/mol. The standard InChI is InChI=1S/C16H25N3O.2ClH/c1-12(17-3)10-18-16(20)13(2)19-9-8-14-6-4-5-7-15(14)11-19;;/h4-7,12-13,17H,8-11H2,1-3H3,(H,18,20);2*1H. The Hall–Kier alpha value is -0.810. The first-order valence-corrected chi connectivity index (χ1v) is 7.37. The number of fused-ring (bicyclic) bond motifs is 1. The van der Waals surface area contributed by atoms with E-state index in [0.717, 1.165) is 19.5 Å². The second kappa shape index (κ2) is 10.1. The molecule has 0 aliphatic carbocycles. The van der Waals surface area contributed by atoms with Crippen LogP contribution in [0.2, 0.25) is 0 Å². The van der Waals surface area contributed by atoms with Crippen molar-refractivity contribution in [2.24, 2.45) is 0 Å². The lowest BCUT2D eigenvalue weighted by molar-refractivity contribution is -0.126. The number of rotatable bonds is 5. The van der Waals surface area contributed by atoms with E-state index in [2.05, 4.69) is 46.7 Å². The van der Waals surface area contributed by atoms with Gasteiger partial charge in [-0.05, 0) is 38.4 Å². The fourth-order valence-corrected chi connectivity index (χ4v) is 2.52. The molecule has 2 atom stereocenters. The van der Waals surface area contributed by atoms with E-state index in [1.54, 1.807) is 0 Å². The van der Waals surface area contributed by atoms with Crippen LogP contribution in [-0.2, 0) is 17.8 Å². The molecule has 0 spiro atoms. The number of carbonyl (C=O) groups excluding carboxylic acids is 1. The number of nitrogens with zero attached hydrogens (tertiary/aromatic N) is 1. The second-order valence-electron chi connectivity index (χ2n) is 5.60. The van der Waals surface area contributed by atoms with Gasteiger partial charge in [0, 0.05) is 25.7 Å². The van der Waals surface area contributed by atoms with E-state index in [0.29, 0.717) is 12.6 Å². The fourth-order valence-electron chi connectivity index (χ4n) is 2.52. The minimum Gasteiger partial charge on any atom is -0.353 e. The number of benzene rings is 1. The van der Waals surface area contributed by atoms with Gasteiger partial charge in [-0.15, -0.1) is 24.8 Å². The Labute approximate surface area is 145 Å². The third kappa shape index (κ3) is 5.43. The summed E-state index contributed by atoms with van der Waals surface area (Å²) in [5, 5.41) is 6.13. The van der Waals surface area contributed by atoms with E-state index in [-0.39, 0.29) is 36.8 Å². The Morgan fingerprint density at radius 1 is 1.23 bits per heavy atom. The summed E-state index contributed by atoms with van der Waals surface area (Å²) in [6.45, 7) is 6.54. The number of amides is 1. The van der Waals surface area contributed by atoms with Gasteiger partial charge in [0.15, 0.2) is 0 Å². The molecule has 2 unspecified atom stereocenters. The molecule has 0 saturated carbocycles. The maximum atomic E-state index is 12.2. The van der Waals surface area contributed by atoms with E-state index in [9.17, 15) is 4.79 Å². The number of carbonyl (C=O) groups is 1. The summed E-state index contributed by atoms with van der Waals surface area (Å²) in [6.07, 6.45) is 1.03. The molecule has 0 radical (unpaired) electrons. The van der Waals surface area contributed by atoms with Crippen molar-refractivity contribution >= 4 is 30.7 Å². The molecule has 0 saturated heterocycles. The largest absolute Gasteiger partial charge is 0.353 e. The summed E-state index contributed by atoms with van der Waals surface area (Å²) in [6, 6.07) is 8.73. The number of hydrogen-bond acceptors (Lipinski definition) is 3. The van der Waals surface area contributed by atoms with Crippen molar-refractivity contribution in [2.45, 2.75) is 38.9 Å². The molecule has 4 nitrogen and oxygen atoms in total. The zero-order valence-electron chi connectivity index (χ0n) is 13.5. The SMILES string of the molecule is CNC(C)CNC(=O)C(C)N1CCc2ccccc2C1.Cl.Cl. The van der Waals surface area contributed by atoms with Crippen LogP contribution in [0.4, 0.5) is 0 Å². The number of likely N-dealkylation sites (N-methyl/N-ethyl adjacent to an activating group) is 1. The Bertz CT molecular complexity index is 470. The van der Waals surface area contributed by atoms with Crippen LogP contribution in [0.15, 0.2) is 24.3 Å². The van der Waals surface area contributed by atoms with Crippen molar-refractivity contribution < 1.29 is 4.79 Å². The maximum Gasteiger partial charge on any atom is 0.237 e. The van der Waals surface area contributed by atoms with Crippen molar-refractivity contribution in [3.05, 3.63) is 35.4 Å². The quantitative estimate of drug-likeness (QED) is 0.856. The van der Waals surface area contributed by atoms with Gasteiger partial charge in [0.25, 0.3) is 0 Å². The van der Waals surface area contributed by atoms with E-state index in [1.165, 1.54) is 11.1 Å². The molecule has 22 heavy (non-hydrogen) atoms.